The van der Waals surface area contributed by atoms with Crippen molar-refractivity contribution >= 4 is 21.5 Å². The Morgan fingerprint density at radius 2 is 2.15 bits per heavy atom. The Balaban J connectivity index is 1.61. The number of nitrogens with zero attached hydrogens (tertiary/aromatic N) is 3. The van der Waals surface area contributed by atoms with Crippen molar-refractivity contribution in [1.29, 1.82) is 4.78 Å². The average molecular weight is 469 g/mol. The molecule has 0 spiro atoms. The number of rotatable bonds is 5. The molecule has 2 aromatic heterocycles. The molecule has 5 rings (SSSR count). The standard InChI is InChI=1S/C22H24N6O4S/c1-31-17-12-14(8-9-25-17)16-7-6-13-4-2-5-15(13)18(16)26-21(29)19-20(33(23,24)30)22-28(27-19)10-3-11-32-22/h6-9,12H,2-5,10-11H2,1H3,(H,26,29)(H3,23,24,30). The number of methoxy groups -OCH3 is 1. The van der Waals surface area contributed by atoms with Crippen molar-refractivity contribution in [2.45, 2.75) is 37.1 Å². The summed E-state index contributed by atoms with van der Waals surface area (Å²) in [5.41, 5.74) is 4.38. The van der Waals surface area contributed by atoms with Crippen LogP contribution >= 0.6 is 0 Å². The summed E-state index contributed by atoms with van der Waals surface area (Å²) in [6, 6.07) is 7.69. The number of benzene rings is 1. The van der Waals surface area contributed by atoms with E-state index in [2.05, 4.69) is 21.5 Å². The molecule has 1 unspecified atom stereocenters. The maximum atomic E-state index is 13.5. The Kier molecular flexibility index (Phi) is 5.29. The van der Waals surface area contributed by atoms with E-state index >= 15 is 0 Å². The van der Waals surface area contributed by atoms with E-state index in [0.717, 1.165) is 36.0 Å². The Morgan fingerprint density at radius 1 is 1.30 bits per heavy atom. The number of carbonyl (C=O) groups excluding carboxylic acids is 1. The lowest BCUT2D eigenvalue weighted by Crippen LogP contribution is -2.20. The molecule has 2 aliphatic rings. The third-order valence-corrected chi connectivity index (χ3v) is 6.89. The van der Waals surface area contributed by atoms with Gasteiger partial charge in [0.2, 0.25) is 11.8 Å². The molecule has 1 amide bonds. The summed E-state index contributed by atoms with van der Waals surface area (Å²) in [6.45, 7) is 0.878. The highest BCUT2D eigenvalue weighted by Gasteiger charge is 2.32. The lowest BCUT2D eigenvalue weighted by Gasteiger charge is -2.16. The molecule has 1 aromatic carbocycles. The van der Waals surface area contributed by atoms with E-state index in [0.29, 0.717) is 31.1 Å². The number of hydrogen-bond donors (Lipinski definition) is 3. The number of pyridine rings is 1. The molecule has 0 saturated heterocycles. The van der Waals surface area contributed by atoms with Crippen LogP contribution in [0.15, 0.2) is 35.4 Å². The van der Waals surface area contributed by atoms with Crippen LogP contribution in [-0.4, -0.2) is 38.6 Å². The van der Waals surface area contributed by atoms with Crippen LogP contribution in [-0.2, 0) is 29.3 Å². The number of amides is 1. The maximum absolute atomic E-state index is 13.5. The lowest BCUT2D eigenvalue weighted by atomic mass is 9.97. The number of anilines is 1. The first-order valence-electron chi connectivity index (χ1n) is 10.6. The van der Waals surface area contributed by atoms with Crippen LogP contribution in [0.5, 0.6) is 11.8 Å². The highest BCUT2D eigenvalue weighted by atomic mass is 32.2. The number of nitrogens with one attached hydrogen (secondary N) is 2. The van der Waals surface area contributed by atoms with E-state index in [9.17, 15) is 9.00 Å². The van der Waals surface area contributed by atoms with Gasteiger partial charge in [-0.15, -0.1) is 0 Å². The van der Waals surface area contributed by atoms with Gasteiger partial charge in [0.05, 0.1) is 19.4 Å². The lowest BCUT2D eigenvalue weighted by molar-refractivity contribution is 0.101. The number of hydrogen-bond acceptors (Lipinski definition) is 7. The first-order valence-corrected chi connectivity index (χ1v) is 12.3. The molecule has 0 radical (unpaired) electrons. The minimum absolute atomic E-state index is 0.131. The van der Waals surface area contributed by atoms with Crippen molar-refractivity contribution in [3.8, 4) is 22.9 Å². The Bertz CT molecular complexity index is 1370. The SMILES string of the molecule is COc1cc(-c2ccc3c(c2NC(=O)c2nn4c(c2S(=N)(N)=O)OCCC4)CCC3)ccn1. The van der Waals surface area contributed by atoms with Crippen LogP contribution in [0.3, 0.4) is 0 Å². The summed E-state index contributed by atoms with van der Waals surface area (Å²) < 4.78 is 32.8. The fraction of sp³-hybridized carbons (Fsp3) is 0.318. The first kappa shape index (κ1) is 21.4. The van der Waals surface area contributed by atoms with E-state index < -0.39 is 15.8 Å². The van der Waals surface area contributed by atoms with Gasteiger partial charge < -0.3 is 14.8 Å². The first-order chi connectivity index (χ1) is 15.9. The van der Waals surface area contributed by atoms with Gasteiger partial charge in [0, 0.05) is 30.8 Å². The zero-order valence-corrected chi connectivity index (χ0v) is 18.9. The molecule has 33 heavy (non-hydrogen) atoms. The maximum Gasteiger partial charge on any atom is 0.277 e. The van der Waals surface area contributed by atoms with E-state index in [4.69, 9.17) is 19.4 Å². The van der Waals surface area contributed by atoms with E-state index in [1.54, 1.807) is 19.4 Å². The van der Waals surface area contributed by atoms with E-state index in [-0.39, 0.29) is 16.5 Å². The number of aryl methyl sites for hydroxylation is 2. The van der Waals surface area contributed by atoms with Gasteiger partial charge in [-0.1, -0.05) is 12.1 Å². The number of aromatic nitrogens is 3. The summed E-state index contributed by atoms with van der Waals surface area (Å²) in [5.74, 6) is 0.0124. The van der Waals surface area contributed by atoms with Gasteiger partial charge in [0.1, 0.15) is 9.92 Å². The Labute approximate surface area is 191 Å². The van der Waals surface area contributed by atoms with Gasteiger partial charge in [-0.3, -0.25) is 4.79 Å². The van der Waals surface area contributed by atoms with Crippen molar-refractivity contribution < 1.29 is 18.5 Å². The molecule has 11 heteroatoms. The molecule has 10 nitrogen and oxygen atoms in total. The minimum atomic E-state index is -3.75. The zero-order valence-electron chi connectivity index (χ0n) is 18.1. The van der Waals surface area contributed by atoms with E-state index in [1.165, 1.54) is 10.2 Å². The monoisotopic (exact) mass is 468 g/mol. The third-order valence-electron chi connectivity index (χ3n) is 5.91. The largest absolute Gasteiger partial charge is 0.481 e. The molecule has 0 bridgehead atoms. The van der Waals surface area contributed by atoms with Gasteiger partial charge >= 0.3 is 0 Å². The van der Waals surface area contributed by atoms with Crippen LogP contribution in [0.1, 0.15) is 34.5 Å². The Morgan fingerprint density at radius 3 is 2.94 bits per heavy atom. The molecule has 4 N–H and O–H groups in total. The predicted molar refractivity (Wildman–Crippen MR) is 122 cm³/mol. The molecule has 3 heterocycles. The molecule has 1 aliphatic heterocycles. The van der Waals surface area contributed by atoms with Gasteiger partial charge in [-0.2, -0.15) is 5.10 Å². The average Bonchev–Trinajstić information content (AvgIpc) is 3.44. The van der Waals surface area contributed by atoms with Crippen molar-refractivity contribution in [3.63, 3.8) is 0 Å². The van der Waals surface area contributed by atoms with Gasteiger partial charge in [-0.05, 0) is 42.0 Å². The van der Waals surface area contributed by atoms with Crippen molar-refractivity contribution in [1.82, 2.24) is 14.8 Å². The van der Waals surface area contributed by atoms with Crippen LogP contribution < -0.4 is 19.9 Å². The van der Waals surface area contributed by atoms with Crippen molar-refractivity contribution in [2.24, 2.45) is 5.14 Å². The quantitative estimate of drug-likeness (QED) is 0.525. The van der Waals surface area contributed by atoms with Crippen molar-refractivity contribution in [3.05, 3.63) is 47.3 Å². The smallest absolute Gasteiger partial charge is 0.277 e. The fourth-order valence-electron chi connectivity index (χ4n) is 4.44. The molecule has 0 saturated carbocycles. The summed E-state index contributed by atoms with van der Waals surface area (Å²) in [5, 5.41) is 13.0. The summed E-state index contributed by atoms with van der Waals surface area (Å²) in [4.78, 5) is 17.5. The van der Waals surface area contributed by atoms with Crippen LogP contribution in [0.2, 0.25) is 0 Å². The number of carbonyl (C=O) groups is 1. The second-order valence-electron chi connectivity index (χ2n) is 8.03. The summed E-state index contributed by atoms with van der Waals surface area (Å²) in [6.07, 6.45) is 5.08. The van der Waals surface area contributed by atoms with Crippen LogP contribution in [0.25, 0.3) is 11.1 Å². The number of fused-ring (bicyclic) bond motifs is 2. The molecule has 1 aliphatic carbocycles. The molecule has 172 valence electrons. The summed E-state index contributed by atoms with van der Waals surface area (Å²) in [7, 11) is -2.20. The van der Waals surface area contributed by atoms with Gasteiger partial charge in [-0.25, -0.2) is 23.8 Å². The number of ether oxygens (including phenoxy) is 2. The minimum Gasteiger partial charge on any atom is -0.481 e. The molecule has 0 fully saturated rings. The predicted octanol–water partition coefficient (Wildman–Crippen LogP) is 2.76. The van der Waals surface area contributed by atoms with Gasteiger partial charge in [0.15, 0.2) is 10.6 Å². The third kappa shape index (κ3) is 3.83. The van der Waals surface area contributed by atoms with E-state index in [1.807, 2.05) is 12.1 Å². The van der Waals surface area contributed by atoms with Crippen molar-refractivity contribution in [2.75, 3.05) is 19.0 Å². The molecular formula is C22H24N6O4S. The molecular weight excluding hydrogens is 444 g/mol. The highest BCUT2D eigenvalue weighted by molar-refractivity contribution is 7.90. The molecule has 3 aromatic rings. The summed E-state index contributed by atoms with van der Waals surface area (Å²) >= 11 is 0. The number of nitrogens with two attached hydrogens (primary N) is 1. The second kappa shape index (κ2) is 8.16. The highest BCUT2D eigenvalue weighted by Crippen LogP contribution is 2.39. The topological polar surface area (TPSA) is 145 Å². The van der Waals surface area contributed by atoms with Gasteiger partial charge in [0.25, 0.3) is 5.91 Å². The van der Waals surface area contributed by atoms with Crippen LogP contribution in [0.4, 0.5) is 5.69 Å². The Hall–Kier alpha value is -3.44. The fourth-order valence-corrected chi connectivity index (χ4v) is 5.28. The van der Waals surface area contributed by atoms with Crippen LogP contribution in [0, 0.1) is 4.78 Å². The second-order valence-corrected chi connectivity index (χ2v) is 9.64. The normalized spacial score (nSPS) is 16.3. The molecule has 1 atom stereocenters. The zero-order chi connectivity index (χ0) is 23.2.